The zero-order valence-corrected chi connectivity index (χ0v) is 23.6. The monoisotopic (exact) mass is 533 g/mol. The summed E-state index contributed by atoms with van der Waals surface area (Å²) in [6.07, 6.45) is 0. The Labute approximate surface area is 225 Å². The van der Waals surface area contributed by atoms with E-state index in [1.807, 2.05) is 39.8 Å². The lowest BCUT2D eigenvalue weighted by Gasteiger charge is -2.22. The maximum atomic E-state index is 13.5. The van der Waals surface area contributed by atoms with Gasteiger partial charge in [-0.1, -0.05) is 39.0 Å². The molecule has 0 spiro atoms. The molecule has 1 unspecified atom stereocenters. The van der Waals surface area contributed by atoms with Crippen molar-refractivity contribution >= 4 is 39.8 Å². The number of fused-ring (bicyclic) bond motifs is 1. The summed E-state index contributed by atoms with van der Waals surface area (Å²) in [5.74, 6) is 0.325. The van der Waals surface area contributed by atoms with Gasteiger partial charge in [0.2, 0.25) is 0 Å². The number of aromatic nitrogens is 2. The Morgan fingerprint density at radius 1 is 1.11 bits per heavy atom. The van der Waals surface area contributed by atoms with Crippen LogP contribution in [0.3, 0.4) is 0 Å². The van der Waals surface area contributed by atoms with E-state index >= 15 is 0 Å². The van der Waals surface area contributed by atoms with Gasteiger partial charge in [0.15, 0.2) is 5.82 Å². The van der Waals surface area contributed by atoms with Gasteiger partial charge in [0.1, 0.15) is 5.71 Å². The summed E-state index contributed by atoms with van der Waals surface area (Å²) in [6, 6.07) is 13.0. The summed E-state index contributed by atoms with van der Waals surface area (Å²) in [4.78, 5) is 25.7. The summed E-state index contributed by atoms with van der Waals surface area (Å²) in [7, 11) is 0. The van der Waals surface area contributed by atoms with Crippen molar-refractivity contribution in [2.24, 2.45) is 15.5 Å². The first kappa shape index (κ1) is 27.4. The van der Waals surface area contributed by atoms with Gasteiger partial charge in [-0.25, -0.2) is 9.98 Å². The Hall–Kier alpha value is -3.63. The third-order valence-electron chi connectivity index (χ3n) is 6.55. The van der Waals surface area contributed by atoms with E-state index in [0.29, 0.717) is 39.8 Å². The molecule has 1 aromatic heterocycles. The van der Waals surface area contributed by atoms with Crippen LogP contribution in [0.2, 0.25) is 0 Å². The van der Waals surface area contributed by atoms with Gasteiger partial charge in [0.05, 0.1) is 22.8 Å². The number of anilines is 2. The highest BCUT2D eigenvalue weighted by molar-refractivity contribution is 7.80. The predicted octanol–water partition coefficient (Wildman–Crippen LogP) is 4.96. The topological polar surface area (TPSA) is 115 Å². The molecule has 3 aromatic rings. The number of benzene rings is 2. The van der Waals surface area contributed by atoms with Gasteiger partial charge in [0, 0.05) is 46.6 Å². The first-order chi connectivity index (χ1) is 18.0. The minimum absolute atomic E-state index is 0.325. The van der Waals surface area contributed by atoms with Crippen molar-refractivity contribution in [2.75, 3.05) is 22.7 Å². The quantitative estimate of drug-likeness (QED) is 0.431. The molecule has 0 radical (unpaired) electrons. The van der Waals surface area contributed by atoms with Gasteiger partial charge in [-0.15, -0.1) is 0 Å². The molecule has 0 bridgehead atoms. The summed E-state index contributed by atoms with van der Waals surface area (Å²) < 4.78 is 26.5. The zero-order valence-electron chi connectivity index (χ0n) is 22.8. The molecule has 0 saturated carbocycles. The summed E-state index contributed by atoms with van der Waals surface area (Å²) >= 11 is -2.53. The molecule has 4 rings (SSSR count). The fourth-order valence-corrected chi connectivity index (χ4v) is 4.86. The lowest BCUT2D eigenvalue weighted by molar-refractivity contribution is 0.542. The molecule has 0 aliphatic carbocycles. The predicted molar refractivity (Wildman–Crippen MR) is 154 cm³/mol. The maximum Gasteiger partial charge on any atom is 0.278 e. The summed E-state index contributed by atoms with van der Waals surface area (Å²) in [6.45, 7) is 15.8. The lowest BCUT2D eigenvalue weighted by Crippen LogP contribution is -2.28. The van der Waals surface area contributed by atoms with E-state index in [9.17, 15) is 13.6 Å². The Balaban J connectivity index is 1.93. The molecule has 0 amide bonds. The molecule has 1 aliphatic heterocycles. The van der Waals surface area contributed by atoms with Crippen molar-refractivity contribution in [3.8, 4) is 11.3 Å². The van der Waals surface area contributed by atoms with Crippen molar-refractivity contribution in [1.82, 2.24) is 9.66 Å². The number of hydrogen-bond donors (Lipinski definition) is 1. The van der Waals surface area contributed by atoms with Gasteiger partial charge in [-0.05, 0) is 57.5 Å². The van der Waals surface area contributed by atoms with E-state index in [1.165, 1.54) is 4.68 Å². The van der Waals surface area contributed by atoms with Crippen molar-refractivity contribution in [3.05, 3.63) is 69.8 Å². The van der Waals surface area contributed by atoms with E-state index in [4.69, 9.17) is 9.98 Å². The number of nitrogens with one attached hydrogen (secondary N) is 1. The zero-order chi connectivity index (χ0) is 27.8. The molecule has 1 N–H and O–H groups in total. The molecule has 1 atom stereocenters. The standard InChI is InChI=1S/C28H34N6O3S/c1-8-33(9-2)19-14-15-21(17(3)16-19)29-24-25(28(5,6)7)31-34-26(24)30-23(18(4)27(34)35)20-12-10-11-13-22(20)32-38(36)37/h10-16,32H,8-9H2,1-7H3,(H,36,37)/p-1. The van der Waals surface area contributed by atoms with E-state index in [-0.39, 0.29) is 5.56 Å². The van der Waals surface area contributed by atoms with Crippen LogP contribution in [-0.2, 0) is 11.3 Å². The number of nitrogens with zero attached hydrogens (tertiary/aromatic N) is 5. The molecular formula is C28H33N6O3S-. The Kier molecular flexibility index (Phi) is 7.66. The van der Waals surface area contributed by atoms with Gasteiger partial charge in [0.25, 0.3) is 5.56 Å². The van der Waals surface area contributed by atoms with Crippen LogP contribution in [-0.4, -0.2) is 42.9 Å². The number of rotatable bonds is 7. The highest BCUT2D eigenvalue weighted by atomic mass is 32.2. The summed E-state index contributed by atoms with van der Waals surface area (Å²) in [5.41, 5.74) is 4.88. The third kappa shape index (κ3) is 5.19. The molecule has 9 nitrogen and oxygen atoms in total. The summed E-state index contributed by atoms with van der Waals surface area (Å²) in [5, 5.41) is 4.67. The van der Waals surface area contributed by atoms with Crippen LogP contribution in [0.4, 0.5) is 17.1 Å². The van der Waals surface area contributed by atoms with Crippen LogP contribution in [0.25, 0.3) is 11.3 Å². The van der Waals surface area contributed by atoms with E-state index in [1.54, 1.807) is 31.2 Å². The first-order valence-electron chi connectivity index (χ1n) is 12.6. The molecule has 0 saturated heterocycles. The Morgan fingerprint density at radius 2 is 1.79 bits per heavy atom. The fourth-order valence-electron chi connectivity index (χ4n) is 4.50. The van der Waals surface area contributed by atoms with Crippen molar-refractivity contribution in [1.29, 1.82) is 0 Å². The van der Waals surface area contributed by atoms with Gasteiger partial charge in [-0.3, -0.25) is 9.00 Å². The Bertz CT molecular complexity index is 1530. The van der Waals surface area contributed by atoms with Crippen LogP contribution in [0.1, 0.15) is 51.6 Å². The average molecular weight is 534 g/mol. The SMILES string of the molecule is CCN(CC)c1ccc(N=C2C(C(C)(C)C)=Nn3c2nc(-c2ccccc2NS(=O)[O-])c(C)c3=O)c(C)c1. The molecule has 38 heavy (non-hydrogen) atoms. The highest BCUT2D eigenvalue weighted by Gasteiger charge is 2.35. The minimum atomic E-state index is -2.53. The van der Waals surface area contributed by atoms with Crippen LogP contribution in [0.15, 0.2) is 57.4 Å². The number of para-hydroxylation sites is 1. The third-order valence-corrected chi connectivity index (χ3v) is 6.94. The molecular weight excluding hydrogens is 500 g/mol. The van der Waals surface area contributed by atoms with Crippen molar-refractivity contribution in [3.63, 3.8) is 0 Å². The van der Waals surface area contributed by atoms with Gasteiger partial charge < -0.3 is 14.2 Å². The highest BCUT2D eigenvalue weighted by Crippen LogP contribution is 2.32. The second kappa shape index (κ2) is 10.6. The van der Waals surface area contributed by atoms with Crippen LogP contribution < -0.4 is 15.2 Å². The lowest BCUT2D eigenvalue weighted by atomic mass is 9.87. The maximum absolute atomic E-state index is 13.5. The van der Waals surface area contributed by atoms with E-state index in [2.05, 4.69) is 34.6 Å². The minimum Gasteiger partial charge on any atom is -0.755 e. The molecule has 200 valence electrons. The molecule has 10 heteroatoms. The normalized spacial score (nSPS) is 14.8. The van der Waals surface area contributed by atoms with Crippen LogP contribution in [0.5, 0.6) is 0 Å². The molecule has 2 aromatic carbocycles. The van der Waals surface area contributed by atoms with Crippen LogP contribution >= 0.6 is 0 Å². The second-order valence-corrected chi connectivity index (χ2v) is 10.9. The van der Waals surface area contributed by atoms with Gasteiger partial charge in [-0.2, -0.15) is 9.78 Å². The molecule has 0 fully saturated rings. The first-order valence-corrected chi connectivity index (χ1v) is 13.7. The number of hydrogen-bond acceptors (Lipinski definition) is 7. The Morgan fingerprint density at radius 3 is 2.39 bits per heavy atom. The molecule has 1 aliphatic rings. The van der Waals surface area contributed by atoms with Gasteiger partial charge >= 0.3 is 0 Å². The van der Waals surface area contributed by atoms with Crippen molar-refractivity contribution in [2.45, 2.75) is 48.5 Å². The average Bonchev–Trinajstić information content (AvgIpc) is 3.23. The van der Waals surface area contributed by atoms with Crippen molar-refractivity contribution < 1.29 is 8.76 Å². The number of aryl methyl sites for hydroxylation is 1. The van der Waals surface area contributed by atoms with E-state index < -0.39 is 16.7 Å². The van der Waals surface area contributed by atoms with Crippen LogP contribution in [0, 0.1) is 19.3 Å². The largest absolute Gasteiger partial charge is 0.755 e. The second-order valence-electron chi connectivity index (χ2n) is 10.2. The fraction of sp³-hybridized carbons (Fsp3) is 0.357. The smallest absolute Gasteiger partial charge is 0.278 e. The number of aliphatic imine (C=N–C) groups is 1. The van der Waals surface area contributed by atoms with E-state index in [0.717, 1.165) is 30.0 Å². The molecule has 2 heterocycles.